The number of carbonyl (C=O) groups is 1. The molecule has 3 heteroatoms. The normalized spacial score (nSPS) is 11.9. The molecule has 1 amide bonds. The molecule has 0 aliphatic rings. The molecular formula is C18H22N2O. The van der Waals surface area contributed by atoms with Crippen molar-refractivity contribution in [2.24, 2.45) is 0 Å². The summed E-state index contributed by atoms with van der Waals surface area (Å²) < 4.78 is 0. The van der Waals surface area contributed by atoms with E-state index in [1.165, 1.54) is 5.56 Å². The van der Waals surface area contributed by atoms with Gasteiger partial charge in [0.15, 0.2) is 0 Å². The van der Waals surface area contributed by atoms with E-state index in [4.69, 9.17) is 0 Å². The van der Waals surface area contributed by atoms with E-state index in [1.807, 2.05) is 49.4 Å². The second-order valence-corrected chi connectivity index (χ2v) is 5.25. The molecule has 0 bridgehead atoms. The average Bonchev–Trinajstić information content (AvgIpc) is 2.48. The smallest absolute Gasteiger partial charge is 0.225 e. The summed E-state index contributed by atoms with van der Waals surface area (Å²) in [6.45, 7) is 4.78. The molecule has 0 fully saturated rings. The second kappa shape index (κ2) is 7.60. The Morgan fingerprint density at radius 1 is 1.10 bits per heavy atom. The monoisotopic (exact) mass is 282 g/mol. The Kier molecular flexibility index (Phi) is 5.52. The highest BCUT2D eigenvalue weighted by Crippen LogP contribution is 2.11. The highest BCUT2D eigenvalue weighted by atomic mass is 16.1. The van der Waals surface area contributed by atoms with Gasteiger partial charge in [0.2, 0.25) is 5.91 Å². The van der Waals surface area contributed by atoms with E-state index in [0.29, 0.717) is 13.0 Å². The van der Waals surface area contributed by atoms with Crippen molar-refractivity contribution in [1.82, 2.24) is 5.32 Å². The summed E-state index contributed by atoms with van der Waals surface area (Å²) in [7, 11) is 0. The molecule has 2 aromatic rings. The van der Waals surface area contributed by atoms with E-state index in [-0.39, 0.29) is 11.9 Å². The fraction of sp³-hybridized carbons (Fsp3) is 0.278. The second-order valence-electron chi connectivity index (χ2n) is 5.25. The fourth-order valence-corrected chi connectivity index (χ4v) is 2.21. The van der Waals surface area contributed by atoms with Crippen molar-refractivity contribution in [3.05, 3.63) is 65.7 Å². The maximum Gasteiger partial charge on any atom is 0.225 e. The van der Waals surface area contributed by atoms with E-state index < -0.39 is 0 Å². The minimum absolute atomic E-state index is 0.0355. The molecule has 1 atom stereocenters. The third kappa shape index (κ3) is 5.04. The van der Waals surface area contributed by atoms with Gasteiger partial charge >= 0.3 is 0 Å². The number of carbonyl (C=O) groups excluding carboxylic acids is 1. The van der Waals surface area contributed by atoms with Crippen LogP contribution in [0.3, 0.4) is 0 Å². The molecular weight excluding hydrogens is 260 g/mol. The Morgan fingerprint density at radius 3 is 2.57 bits per heavy atom. The van der Waals surface area contributed by atoms with Crippen LogP contribution in [0.2, 0.25) is 0 Å². The molecule has 3 nitrogen and oxygen atoms in total. The zero-order chi connectivity index (χ0) is 15.1. The van der Waals surface area contributed by atoms with E-state index in [9.17, 15) is 4.79 Å². The molecule has 2 aromatic carbocycles. The minimum Gasteiger partial charge on any atom is -0.326 e. The third-order valence-electron chi connectivity index (χ3n) is 3.40. The summed E-state index contributed by atoms with van der Waals surface area (Å²) in [5.74, 6) is 0.0355. The van der Waals surface area contributed by atoms with Crippen LogP contribution in [0, 0.1) is 6.92 Å². The lowest BCUT2D eigenvalue weighted by Gasteiger charge is -2.14. The van der Waals surface area contributed by atoms with Crippen LogP contribution < -0.4 is 10.6 Å². The highest BCUT2D eigenvalue weighted by molar-refractivity contribution is 5.90. The topological polar surface area (TPSA) is 41.1 Å². The number of aryl methyl sites for hydroxylation is 1. The van der Waals surface area contributed by atoms with Gasteiger partial charge in [-0.1, -0.05) is 42.5 Å². The molecule has 110 valence electrons. The summed E-state index contributed by atoms with van der Waals surface area (Å²) in [6, 6.07) is 18.3. The first kappa shape index (κ1) is 15.3. The quantitative estimate of drug-likeness (QED) is 0.848. The van der Waals surface area contributed by atoms with Gasteiger partial charge in [0.25, 0.3) is 0 Å². The van der Waals surface area contributed by atoms with Gasteiger partial charge in [0.05, 0.1) is 0 Å². The number of hydrogen-bond donors (Lipinski definition) is 2. The Bertz CT molecular complexity index is 581. The Labute approximate surface area is 126 Å². The van der Waals surface area contributed by atoms with Crippen LogP contribution in [0.25, 0.3) is 0 Å². The van der Waals surface area contributed by atoms with Crippen LogP contribution in [0.1, 0.15) is 30.5 Å². The van der Waals surface area contributed by atoms with E-state index in [0.717, 1.165) is 11.3 Å². The first-order valence-electron chi connectivity index (χ1n) is 7.30. The van der Waals surface area contributed by atoms with Crippen LogP contribution in [-0.4, -0.2) is 12.5 Å². The standard InChI is InChI=1S/C18H22N2O/c1-14-7-6-10-17(13-14)20-18(21)11-12-19-15(2)16-8-4-3-5-9-16/h3-10,13,15,19H,11-12H2,1-2H3,(H,20,21). The number of nitrogens with one attached hydrogen (secondary N) is 2. The number of amides is 1. The first-order chi connectivity index (χ1) is 10.1. The van der Waals surface area contributed by atoms with Crippen molar-refractivity contribution in [2.45, 2.75) is 26.3 Å². The van der Waals surface area contributed by atoms with E-state index in [1.54, 1.807) is 0 Å². The molecule has 21 heavy (non-hydrogen) atoms. The highest BCUT2D eigenvalue weighted by Gasteiger charge is 2.06. The largest absolute Gasteiger partial charge is 0.326 e. The lowest BCUT2D eigenvalue weighted by Crippen LogP contribution is -2.24. The van der Waals surface area contributed by atoms with Gasteiger partial charge in [-0.3, -0.25) is 4.79 Å². The van der Waals surface area contributed by atoms with Crippen molar-refractivity contribution < 1.29 is 4.79 Å². The third-order valence-corrected chi connectivity index (χ3v) is 3.40. The zero-order valence-electron chi connectivity index (χ0n) is 12.6. The van der Waals surface area contributed by atoms with E-state index >= 15 is 0 Å². The maximum atomic E-state index is 11.9. The molecule has 1 unspecified atom stereocenters. The molecule has 2 N–H and O–H groups in total. The number of anilines is 1. The fourth-order valence-electron chi connectivity index (χ4n) is 2.21. The van der Waals surface area contributed by atoms with Crippen molar-refractivity contribution >= 4 is 11.6 Å². The molecule has 0 heterocycles. The summed E-state index contributed by atoms with van der Waals surface area (Å²) in [4.78, 5) is 11.9. The summed E-state index contributed by atoms with van der Waals surface area (Å²) in [5, 5.41) is 6.28. The maximum absolute atomic E-state index is 11.9. The molecule has 0 aromatic heterocycles. The zero-order valence-corrected chi connectivity index (χ0v) is 12.6. The molecule has 0 aliphatic heterocycles. The minimum atomic E-state index is 0.0355. The molecule has 0 aliphatic carbocycles. The Morgan fingerprint density at radius 2 is 1.86 bits per heavy atom. The average molecular weight is 282 g/mol. The molecule has 0 saturated carbocycles. The molecule has 2 rings (SSSR count). The van der Waals surface area contributed by atoms with Crippen molar-refractivity contribution in [2.75, 3.05) is 11.9 Å². The molecule has 0 radical (unpaired) electrons. The predicted octanol–water partition coefficient (Wildman–Crippen LogP) is 3.67. The molecule has 0 spiro atoms. The van der Waals surface area contributed by atoms with Crippen LogP contribution >= 0.6 is 0 Å². The van der Waals surface area contributed by atoms with Crippen LogP contribution in [-0.2, 0) is 4.79 Å². The number of hydrogen-bond acceptors (Lipinski definition) is 2. The Hall–Kier alpha value is -2.13. The van der Waals surface area contributed by atoms with E-state index in [2.05, 4.69) is 29.7 Å². The first-order valence-corrected chi connectivity index (χ1v) is 7.30. The summed E-state index contributed by atoms with van der Waals surface area (Å²) in [5.41, 5.74) is 3.23. The van der Waals surface area contributed by atoms with Crippen LogP contribution in [0.4, 0.5) is 5.69 Å². The van der Waals surface area contributed by atoms with Crippen LogP contribution in [0.5, 0.6) is 0 Å². The number of rotatable bonds is 6. The SMILES string of the molecule is Cc1cccc(NC(=O)CCNC(C)c2ccccc2)c1. The van der Waals surface area contributed by atoms with Gasteiger partial charge in [0.1, 0.15) is 0 Å². The number of benzene rings is 2. The van der Waals surface area contributed by atoms with Gasteiger partial charge in [-0.25, -0.2) is 0 Å². The summed E-state index contributed by atoms with van der Waals surface area (Å²) >= 11 is 0. The van der Waals surface area contributed by atoms with Gasteiger partial charge in [-0.2, -0.15) is 0 Å². The van der Waals surface area contributed by atoms with Crippen molar-refractivity contribution in [1.29, 1.82) is 0 Å². The lowest BCUT2D eigenvalue weighted by molar-refractivity contribution is -0.116. The van der Waals surface area contributed by atoms with Gasteiger partial charge in [-0.15, -0.1) is 0 Å². The lowest BCUT2D eigenvalue weighted by atomic mass is 10.1. The van der Waals surface area contributed by atoms with Gasteiger partial charge < -0.3 is 10.6 Å². The van der Waals surface area contributed by atoms with Crippen LogP contribution in [0.15, 0.2) is 54.6 Å². The van der Waals surface area contributed by atoms with Gasteiger partial charge in [-0.05, 0) is 37.1 Å². The van der Waals surface area contributed by atoms with Gasteiger partial charge in [0, 0.05) is 24.7 Å². The Balaban J connectivity index is 1.74. The summed E-state index contributed by atoms with van der Waals surface area (Å²) in [6.07, 6.45) is 0.463. The molecule has 0 saturated heterocycles. The van der Waals surface area contributed by atoms with Crippen molar-refractivity contribution in [3.63, 3.8) is 0 Å². The predicted molar refractivity (Wildman–Crippen MR) is 87.3 cm³/mol. The van der Waals surface area contributed by atoms with Crippen molar-refractivity contribution in [3.8, 4) is 0 Å².